The van der Waals surface area contributed by atoms with Crippen LogP contribution in [-0.2, 0) is 6.42 Å². The second-order valence-corrected chi connectivity index (χ2v) is 7.77. The molecular weight excluding hydrogens is 339 g/mol. The summed E-state index contributed by atoms with van der Waals surface area (Å²) >= 11 is 0. The second kappa shape index (κ2) is 7.49. The Kier molecular flexibility index (Phi) is 5.29. The van der Waals surface area contributed by atoms with Crippen molar-refractivity contribution >= 4 is 6.08 Å². The fraction of sp³-hybridized carbons (Fsp3) is 0.261. The summed E-state index contributed by atoms with van der Waals surface area (Å²) in [6.45, 7) is 10.00. The lowest BCUT2D eigenvalue weighted by molar-refractivity contribution is 0.318. The molecule has 0 aliphatic rings. The zero-order valence-electron chi connectivity index (χ0n) is 16.0. The molecule has 4 heteroatoms. The molecule has 2 aromatic carbocycles. The molecule has 0 amide bonds. The molecule has 3 nitrogen and oxygen atoms in total. The molecular formula is C23H25FN2O. The largest absolute Gasteiger partial charge is 0.440 e. The van der Waals surface area contributed by atoms with Crippen LogP contribution in [0.3, 0.4) is 0 Å². The molecule has 0 aliphatic heterocycles. The van der Waals surface area contributed by atoms with E-state index < -0.39 is 0 Å². The molecule has 1 atom stereocenters. The van der Waals surface area contributed by atoms with Crippen LogP contribution < -0.4 is 5.73 Å². The molecule has 0 radical (unpaired) electrons. The van der Waals surface area contributed by atoms with Crippen molar-refractivity contribution in [3.8, 4) is 11.5 Å². The molecule has 1 heterocycles. The Hall–Kier alpha value is -2.72. The van der Waals surface area contributed by atoms with Crippen LogP contribution in [0.2, 0.25) is 0 Å². The van der Waals surface area contributed by atoms with E-state index in [2.05, 4.69) is 32.3 Å². The molecule has 3 aromatic rings. The number of rotatable bonds is 5. The van der Waals surface area contributed by atoms with Crippen molar-refractivity contribution in [3.05, 3.63) is 83.5 Å². The van der Waals surface area contributed by atoms with Gasteiger partial charge < -0.3 is 10.2 Å². The molecule has 1 aromatic heterocycles. The Bertz CT molecular complexity index is 939. The van der Waals surface area contributed by atoms with Crippen LogP contribution in [0.4, 0.5) is 4.39 Å². The van der Waals surface area contributed by atoms with Crippen LogP contribution in [0.5, 0.6) is 0 Å². The van der Waals surface area contributed by atoms with Gasteiger partial charge in [-0.3, -0.25) is 0 Å². The van der Waals surface area contributed by atoms with E-state index in [9.17, 15) is 4.39 Å². The summed E-state index contributed by atoms with van der Waals surface area (Å²) in [6.07, 6.45) is 2.24. The van der Waals surface area contributed by atoms with E-state index in [1.54, 1.807) is 12.1 Å². The van der Waals surface area contributed by atoms with Crippen molar-refractivity contribution in [2.45, 2.75) is 33.2 Å². The maximum Gasteiger partial charge on any atom is 0.227 e. The van der Waals surface area contributed by atoms with Crippen LogP contribution >= 0.6 is 0 Å². The average molecular weight is 364 g/mol. The number of aromatic nitrogens is 1. The summed E-state index contributed by atoms with van der Waals surface area (Å²) in [4.78, 5) is 4.69. The number of hydrogen-bond acceptors (Lipinski definition) is 3. The van der Waals surface area contributed by atoms with Crippen LogP contribution in [0, 0.1) is 11.2 Å². The van der Waals surface area contributed by atoms with E-state index in [1.807, 2.05) is 30.3 Å². The summed E-state index contributed by atoms with van der Waals surface area (Å²) in [5, 5.41) is 0. The summed E-state index contributed by atoms with van der Waals surface area (Å²) in [5.74, 6) is 0.725. The molecule has 140 valence electrons. The standard InChI is InChI=1S/C23H25FN2O/c1-5-16-11-12-17(24)14-18(16)22-26-20(21(25)23(2,3)4)19(27-22)13-15-9-7-6-8-10-15/h5-12,14,21H,1,13,25H2,2-4H3. The minimum Gasteiger partial charge on any atom is -0.440 e. The molecule has 0 fully saturated rings. The highest BCUT2D eigenvalue weighted by atomic mass is 19.1. The van der Waals surface area contributed by atoms with Crippen molar-refractivity contribution in [1.29, 1.82) is 0 Å². The zero-order valence-corrected chi connectivity index (χ0v) is 16.0. The van der Waals surface area contributed by atoms with E-state index in [1.165, 1.54) is 12.1 Å². The fourth-order valence-electron chi connectivity index (χ4n) is 2.93. The Morgan fingerprint density at radius 3 is 2.52 bits per heavy atom. The first-order valence-corrected chi connectivity index (χ1v) is 9.01. The summed E-state index contributed by atoms with van der Waals surface area (Å²) in [5.41, 5.74) is 9.46. The zero-order chi connectivity index (χ0) is 19.6. The predicted octanol–water partition coefficient (Wildman–Crippen LogP) is 5.76. The summed E-state index contributed by atoms with van der Waals surface area (Å²) in [7, 11) is 0. The van der Waals surface area contributed by atoms with Crippen molar-refractivity contribution in [3.63, 3.8) is 0 Å². The van der Waals surface area contributed by atoms with Gasteiger partial charge in [0.25, 0.3) is 0 Å². The van der Waals surface area contributed by atoms with Crippen molar-refractivity contribution in [2.24, 2.45) is 11.1 Å². The van der Waals surface area contributed by atoms with E-state index in [4.69, 9.17) is 10.2 Å². The topological polar surface area (TPSA) is 52.0 Å². The second-order valence-electron chi connectivity index (χ2n) is 7.77. The van der Waals surface area contributed by atoms with Crippen LogP contribution in [0.25, 0.3) is 17.5 Å². The average Bonchev–Trinajstić information content (AvgIpc) is 3.04. The Labute approximate surface area is 159 Å². The molecule has 0 spiro atoms. The number of hydrogen-bond donors (Lipinski definition) is 1. The Morgan fingerprint density at radius 1 is 1.19 bits per heavy atom. The highest BCUT2D eigenvalue weighted by Crippen LogP contribution is 2.36. The van der Waals surface area contributed by atoms with E-state index in [-0.39, 0.29) is 17.3 Å². The molecule has 1 unspecified atom stereocenters. The lowest BCUT2D eigenvalue weighted by Crippen LogP contribution is -2.27. The van der Waals surface area contributed by atoms with Gasteiger partial charge >= 0.3 is 0 Å². The molecule has 0 bridgehead atoms. The highest BCUT2D eigenvalue weighted by molar-refractivity contribution is 5.69. The van der Waals surface area contributed by atoms with Crippen LogP contribution in [0.15, 0.2) is 59.5 Å². The molecule has 0 aliphatic carbocycles. The summed E-state index contributed by atoms with van der Waals surface area (Å²) < 4.78 is 20.0. The van der Waals surface area contributed by atoms with E-state index >= 15 is 0 Å². The predicted molar refractivity (Wildman–Crippen MR) is 108 cm³/mol. The van der Waals surface area contributed by atoms with Gasteiger partial charge in [0.1, 0.15) is 17.3 Å². The van der Waals surface area contributed by atoms with Gasteiger partial charge in [-0.2, -0.15) is 0 Å². The molecule has 0 saturated carbocycles. The third-order valence-corrected chi connectivity index (χ3v) is 4.63. The number of oxazole rings is 1. The fourth-order valence-corrected chi connectivity index (χ4v) is 2.93. The Morgan fingerprint density at radius 2 is 1.89 bits per heavy atom. The van der Waals surface area contributed by atoms with Gasteiger partial charge in [0.15, 0.2) is 0 Å². The Balaban J connectivity index is 2.12. The summed E-state index contributed by atoms with van der Waals surface area (Å²) in [6, 6.07) is 14.2. The molecule has 27 heavy (non-hydrogen) atoms. The van der Waals surface area contributed by atoms with Gasteiger partial charge in [-0.05, 0) is 28.7 Å². The first-order chi connectivity index (χ1) is 12.8. The molecule has 0 saturated heterocycles. The highest BCUT2D eigenvalue weighted by Gasteiger charge is 2.29. The van der Waals surface area contributed by atoms with Crippen LogP contribution in [-0.4, -0.2) is 4.98 Å². The monoisotopic (exact) mass is 364 g/mol. The maximum absolute atomic E-state index is 13.8. The maximum atomic E-state index is 13.8. The van der Waals surface area contributed by atoms with Gasteiger partial charge in [-0.25, -0.2) is 9.37 Å². The van der Waals surface area contributed by atoms with Crippen LogP contribution in [0.1, 0.15) is 49.4 Å². The lowest BCUT2D eigenvalue weighted by Gasteiger charge is -2.25. The third kappa shape index (κ3) is 4.17. The van der Waals surface area contributed by atoms with Crippen molar-refractivity contribution < 1.29 is 8.81 Å². The molecule has 2 N–H and O–H groups in total. The lowest BCUT2D eigenvalue weighted by atomic mass is 9.84. The van der Waals surface area contributed by atoms with E-state index in [0.717, 1.165) is 11.1 Å². The number of halogens is 1. The van der Waals surface area contributed by atoms with Crippen molar-refractivity contribution in [2.75, 3.05) is 0 Å². The minimum absolute atomic E-state index is 0.192. The smallest absolute Gasteiger partial charge is 0.227 e. The van der Waals surface area contributed by atoms with Gasteiger partial charge in [-0.1, -0.05) is 69.8 Å². The van der Waals surface area contributed by atoms with Gasteiger partial charge in [0.05, 0.1) is 6.04 Å². The third-order valence-electron chi connectivity index (χ3n) is 4.63. The number of benzene rings is 2. The van der Waals surface area contributed by atoms with Gasteiger partial charge in [0, 0.05) is 12.0 Å². The molecule has 3 rings (SSSR count). The van der Waals surface area contributed by atoms with Gasteiger partial charge in [-0.15, -0.1) is 0 Å². The van der Waals surface area contributed by atoms with Crippen molar-refractivity contribution in [1.82, 2.24) is 4.98 Å². The SMILES string of the molecule is C=Cc1ccc(F)cc1-c1nc(C(N)C(C)(C)C)c(Cc2ccccc2)o1. The van der Waals surface area contributed by atoms with E-state index in [0.29, 0.717) is 29.3 Å². The first-order valence-electron chi connectivity index (χ1n) is 9.01. The number of nitrogens with two attached hydrogens (primary N) is 1. The minimum atomic E-state index is -0.347. The normalized spacial score (nSPS) is 12.8. The first kappa shape index (κ1) is 19.1. The van der Waals surface area contributed by atoms with Gasteiger partial charge in [0.2, 0.25) is 5.89 Å². The quantitative estimate of drug-likeness (QED) is 0.626. The number of nitrogens with zero attached hydrogens (tertiary/aromatic N) is 1.